The van der Waals surface area contributed by atoms with Gasteiger partial charge in [-0.25, -0.2) is 0 Å². The Morgan fingerprint density at radius 2 is 1.83 bits per heavy atom. The first-order valence-corrected chi connectivity index (χ1v) is 7.93. The van der Waals surface area contributed by atoms with Gasteiger partial charge in [0.2, 0.25) is 0 Å². The van der Waals surface area contributed by atoms with Crippen molar-refractivity contribution < 1.29 is 9.53 Å². The first kappa shape index (κ1) is 17.0. The summed E-state index contributed by atoms with van der Waals surface area (Å²) in [6.07, 6.45) is 0. The van der Waals surface area contributed by atoms with Gasteiger partial charge in [-0.2, -0.15) is 0 Å². The molecule has 2 aromatic rings. The number of para-hydroxylation sites is 1. The smallest absolute Gasteiger partial charge is 0.259 e. The molecule has 0 aliphatic rings. The summed E-state index contributed by atoms with van der Waals surface area (Å²) in [5, 5.41) is 2.95. The van der Waals surface area contributed by atoms with Gasteiger partial charge in [0.25, 0.3) is 5.91 Å². The molecular formula is C19H24N2O2. The van der Waals surface area contributed by atoms with Crippen LogP contribution in [0.25, 0.3) is 0 Å². The van der Waals surface area contributed by atoms with Crippen LogP contribution in [0.1, 0.15) is 29.8 Å². The number of hydrogen-bond acceptors (Lipinski definition) is 3. The highest BCUT2D eigenvalue weighted by atomic mass is 16.5. The number of nitrogens with zero attached hydrogens (tertiary/aromatic N) is 1. The zero-order valence-corrected chi connectivity index (χ0v) is 14.0. The number of amides is 1. The lowest BCUT2D eigenvalue weighted by molar-refractivity contribution is 0.102. The third-order valence-electron chi connectivity index (χ3n) is 3.84. The van der Waals surface area contributed by atoms with Crippen LogP contribution in [0.5, 0.6) is 5.75 Å². The average molecular weight is 312 g/mol. The topological polar surface area (TPSA) is 41.6 Å². The van der Waals surface area contributed by atoms with Crippen molar-refractivity contribution in [3.63, 3.8) is 0 Å². The van der Waals surface area contributed by atoms with Gasteiger partial charge in [-0.15, -0.1) is 0 Å². The van der Waals surface area contributed by atoms with Crippen molar-refractivity contribution in [1.82, 2.24) is 4.90 Å². The molecule has 0 bridgehead atoms. The number of carbonyl (C=O) groups excluding carboxylic acids is 1. The molecule has 1 N–H and O–H groups in total. The van der Waals surface area contributed by atoms with Crippen molar-refractivity contribution in [2.24, 2.45) is 0 Å². The number of nitrogens with one attached hydrogen (secondary N) is 1. The lowest BCUT2D eigenvalue weighted by Crippen LogP contribution is -2.22. The molecule has 122 valence electrons. The van der Waals surface area contributed by atoms with Crippen LogP contribution in [0.2, 0.25) is 0 Å². The Kier molecular flexibility index (Phi) is 6.18. The highest BCUT2D eigenvalue weighted by Gasteiger charge is 2.12. The zero-order valence-electron chi connectivity index (χ0n) is 14.0. The summed E-state index contributed by atoms with van der Waals surface area (Å²) < 4.78 is 5.24. The second-order valence-electron chi connectivity index (χ2n) is 5.32. The molecule has 0 saturated carbocycles. The van der Waals surface area contributed by atoms with Crippen LogP contribution in [-0.4, -0.2) is 31.0 Å². The molecule has 0 unspecified atom stereocenters. The van der Waals surface area contributed by atoms with Gasteiger partial charge in [0.15, 0.2) is 0 Å². The van der Waals surface area contributed by atoms with E-state index >= 15 is 0 Å². The van der Waals surface area contributed by atoms with Crippen molar-refractivity contribution in [2.45, 2.75) is 20.4 Å². The Bertz CT molecular complexity index is 651. The standard InChI is InChI=1S/C19H24N2O2/c1-4-21(5-2)14-15-9-8-10-16(13-15)20-19(22)17-11-6-7-12-18(17)23-3/h6-13H,4-5,14H2,1-3H3,(H,20,22). The van der Waals surface area contributed by atoms with Crippen molar-refractivity contribution in [2.75, 3.05) is 25.5 Å². The number of benzene rings is 2. The van der Waals surface area contributed by atoms with Crippen LogP contribution in [0.4, 0.5) is 5.69 Å². The molecule has 0 aromatic heterocycles. The molecule has 0 spiro atoms. The first-order valence-electron chi connectivity index (χ1n) is 7.93. The first-order chi connectivity index (χ1) is 11.2. The summed E-state index contributed by atoms with van der Waals surface area (Å²) in [7, 11) is 1.57. The fourth-order valence-corrected chi connectivity index (χ4v) is 2.48. The van der Waals surface area contributed by atoms with Crippen LogP contribution in [0.15, 0.2) is 48.5 Å². The minimum atomic E-state index is -0.164. The molecule has 0 aliphatic carbocycles. The van der Waals surface area contributed by atoms with Crippen LogP contribution >= 0.6 is 0 Å². The SMILES string of the molecule is CCN(CC)Cc1cccc(NC(=O)c2ccccc2OC)c1. The fourth-order valence-electron chi connectivity index (χ4n) is 2.48. The number of rotatable bonds is 7. The Labute approximate surface area is 138 Å². The normalized spacial score (nSPS) is 10.6. The highest BCUT2D eigenvalue weighted by Crippen LogP contribution is 2.20. The minimum Gasteiger partial charge on any atom is -0.496 e. The second-order valence-corrected chi connectivity index (χ2v) is 5.32. The van der Waals surface area contributed by atoms with Gasteiger partial charge < -0.3 is 10.1 Å². The lowest BCUT2D eigenvalue weighted by atomic mass is 10.1. The molecule has 1 amide bonds. The summed E-state index contributed by atoms with van der Waals surface area (Å²) in [6.45, 7) is 7.20. The molecule has 4 nitrogen and oxygen atoms in total. The number of ether oxygens (including phenoxy) is 1. The summed E-state index contributed by atoms with van der Waals surface area (Å²) in [5.74, 6) is 0.409. The van der Waals surface area contributed by atoms with E-state index in [0.717, 1.165) is 25.3 Å². The quantitative estimate of drug-likeness (QED) is 0.846. The maximum Gasteiger partial charge on any atom is 0.259 e. The third kappa shape index (κ3) is 4.57. The van der Waals surface area contributed by atoms with E-state index in [-0.39, 0.29) is 5.91 Å². The monoisotopic (exact) mass is 312 g/mol. The van der Waals surface area contributed by atoms with Crippen LogP contribution in [0, 0.1) is 0 Å². The molecule has 0 aliphatic heterocycles. The van der Waals surface area contributed by atoms with Gasteiger partial charge in [-0.1, -0.05) is 38.1 Å². The lowest BCUT2D eigenvalue weighted by Gasteiger charge is -2.18. The second kappa shape index (κ2) is 8.34. The maximum absolute atomic E-state index is 12.4. The molecule has 2 aromatic carbocycles. The van der Waals surface area contributed by atoms with Gasteiger partial charge in [-0.05, 0) is 42.9 Å². The van der Waals surface area contributed by atoms with E-state index in [4.69, 9.17) is 4.74 Å². The summed E-state index contributed by atoms with van der Waals surface area (Å²) in [6, 6.07) is 15.2. The van der Waals surface area contributed by atoms with Gasteiger partial charge in [0, 0.05) is 12.2 Å². The van der Waals surface area contributed by atoms with Crippen molar-refractivity contribution in [3.8, 4) is 5.75 Å². The van der Waals surface area contributed by atoms with Crippen LogP contribution < -0.4 is 10.1 Å². The van der Waals surface area contributed by atoms with Gasteiger partial charge >= 0.3 is 0 Å². The Hall–Kier alpha value is -2.33. The zero-order chi connectivity index (χ0) is 16.7. The molecule has 0 atom stereocenters. The fraction of sp³-hybridized carbons (Fsp3) is 0.316. The molecule has 23 heavy (non-hydrogen) atoms. The van der Waals surface area contributed by atoms with Gasteiger partial charge in [0.1, 0.15) is 5.75 Å². The number of anilines is 1. The summed E-state index contributed by atoms with van der Waals surface area (Å²) >= 11 is 0. The van der Waals surface area contributed by atoms with Crippen LogP contribution in [0.3, 0.4) is 0 Å². The van der Waals surface area contributed by atoms with E-state index in [1.54, 1.807) is 19.2 Å². The van der Waals surface area contributed by atoms with E-state index in [9.17, 15) is 4.79 Å². The molecule has 0 radical (unpaired) electrons. The number of hydrogen-bond donors (Lipinski definition) is 1. The molecule has 2 rings (SSSR count). The summed E-state index contributed by atoms with van der Waals surface area (Å²) in [4.78, 5) is 14.8. The maximum atomic E-state index is 12.4. The van der Waals surface area contributed by atoms with E-state index < -0.39 is 0 Å². The number of methoxy groups -OCH3 is 1. The van der Waals surface area contributed by atoms with Gasteiger partial charge in [-0.3, -0.25) is 9.69 Å². The number of carbonyl (C=O) groups is 1. The van der Waals surface area contributed by atoms with E-state index in [1.165, 1.54) is 5.56 Å². The molecule has 0 saturated heterocycles. The van der Waals surface area contributed by atoms with E-state index in [1.807, 2.05) is 30.3 Å². The average Bonchev–Trinajstić information content (AvgIpc) is 2.59. The third-order valence-corrected chi connectivity index (χ3v) is 3.84. The highest BCUT2D eigenvalue weighted by molar-refractivity contribution is 6.06. The van der Waals surface area contributed by atoms with Gasteiger partial charge in [0.05, 0.1) is 12.7 Å². The molecule has 4 heteroatoms. The molecule has 0 fully saturated rings. The molecule has 0 heterocycles. The van der Waals surface area contributed by atoms with Crippen molar-refractivity contribution in [3.05, 3.63) is 59.7 Å². The van der Waals surface area contributed by atoms with Crippen molar-refractivity contribution >= 4 is 11.6 Å². The Morgan fingerprint density at radius 3 is 2.52 bits per heavy atom. The minimum absolute atomic E-state index is 0.164. The largest absolute Gasteiger partial charge is 0.496 e. The van der Waals surface area contributed by atoms with E-state index in [0.29, 0.717) is 11.3 Å². The Morgan fingerprint density at radius 1 is 1.09 bits per heavy atom. The van der Waals surface area contributed by atoms with E-state index in [2.05, 4.69) is 30.1 Å². The Balaban J connectivity index is 2.12. The summed E-state index contributed by atoms with van der Waals surface area (Å²) in [5.41, 5.74) is 2.52. The molecular weight excluding hydrogens is 288 g/mol. The predicted octanol–water partition coefficient (Wildman–Crippen LogP) is 3.79. The van der Waals surface area contributed by atoms with Crippen molar-refractivity contribution in [1.29, 1.82) is 0 Å². The predicted molar refractivity (Wildman–Crippen MR) is 94.0 cm³/mol. The van der Waals surface area contributed by atoms with Crippen LogP contribution in [-0.2, 0) is 6.54 Å².